The zero-order chi connectivity index (χ0) is 20.8. The Labute approximate surface area is 176 Å². The number of aromatic amines is 2. The second-order valence-electron chi connectivity index (χ2n) is 7.14. The lowest BCUT2D eigenvalue weighted by Crippen LogP contribution is -1.88. The third-order valence-corrected chi connectivity index (χ3v) is 5.32. The van der Waals surface area contributed by atoms with Crippen LogP contribution >= 0.6 is 0 Å². The van der Waals surface area contributed by atoms with Crippen LogP contribution in [-0.4, -0.2) is 37.2 Å². The summed E-state index contributed by atoms with van der Waals surface area (Å²) in [4.78, 5) is 16.6. The molecule has 0 aliphatic rings. The fraction of sp³-hybridized carbons (Fsp3) is 0.0435. The van der Waals surface area contributed by atoms with Crippen molar-refractivity contribution in [3.8, 4) is 39.5 Å². The first kappa shape index (κ1) is 17.4. The summed E-state index contributed by atoms with van der Waals surface area (Å²) in [6.45, 7) is 0. The van der Waals surface area contributed by atoms with Gasteiger partial charge in [-0.25, -0.2) is 0 Å². The van der Waals surface area contributed by atoms with E-state index in [9.17, 15) is 0 Å². The second kappa shape index (κ2) is 6.81. The van der Waals surface area contributed by atoms with Gasteiger partial charge in [-0.05, 0) is 24.3 Å². The Morgan fingerprint density at radius 3 is 2.71 bits per heavy atom. The van der Waals surface area contributed by atoms with Gasteiger partial charge in [-0.15, -0.1) is 0 Å². The minimum atomic E-state index is 0.682. The van der Waals surface area contributed by atoms with Crippen LogP contribution in [0.15, 0.2) is 72.2 Å². The second-order valence-corrected chi connectivity index (χ2v) is 7.14. The van der Waals surface area contributed by atoms with Crippen LogP contribution < -0.4 is 4.74 Å². The normalized spacial score (nSPS) is 11.4. The molecule has 0 aliphatic carbocycles. The van der Waals surface area contributed by atoms with Crippen molar-refractivity contribution < 1.29 is 9.15 Å². The van der Waals surface area contributed by atoms with Crippen LogP contribution in [0.1, 0.15) is 0 Å². The molecule has 6 heterocycles. The van der Waals surface area contributed by atoms with Crippen molar-refractivity contribution in [1.82, 2.24) is 30.1 Å². The highest BCUT2D eigenvalue weighted by molar-refractivity contribution is 6.00. The van der Waals surface area contributed by atoms with E-state index < -0.39 is 0 Å². The number of furan rings is 1. The predicted octanol–water partition coefficient (Wildman–Crippen LogP) is 4.83. The number of hydrogen-bond acceptors (Lipinski definition) is 6. The summed E-state index contributed by atoms with van der Waals surface area (Å²) in [5.74, 6) is 0.682. The minimum Gasteiger partial charge on any atom is -0.495 e. The number of fused-ring (bicyclic) bond motifs is 2. The van der Waals surface area contributed by atoms with Gasteiger partial charge in [0, 0.05) is 39.9 Å². The van der Waals surface area contributed by atoms with Crippen LogP contribution in [0.2, 0.25) is 0 Å². The van der Waals surface area contributed by atoms with Gasteiger partial charge in [-0.1, -0.05) is 0 Å². The molecule has 0 fully saturated rings. The van der Waals surface area contributed by atoms with Gasteiger partial charge in [-0.2, -0.15) is 5.10 Å². The van der Waals surface area contributed by atoms with Crippen molar-refractivity contribution in [2.24, 2.45) is 0 Å². The number of methoxy groups -OCH3 is 1. The van der Waals surface area contributed by atoms with Crippen LogP contribution in [-0.2, 0) is 0 Å². The summed E-state index contributed by atoms with van der Waals surface area (Å²) in [7, 11) is 1.62. The average Bonchev–Trinajstić information content (AvgIpc) is 3.57. The van der Waals surface area contributed by atoms with Crippen molar-refractivity contribution >= 4 is 21.8 Å². The smallest absolute Gasteiger partial charge is 0.137 e. The molecule has 0 saturated carbocycles. The van der Waals surface area contributed by atoms with Gasteiger partial charge in [-0.3, -0.25) is 20.1 Å². The van der Waals surface area contributed by atoms with Crippen molar-refractivity contribution in [1.29, 1.82) is 0 Å². The molecule has 2 N–H and O–H groups in total. The van der Waals surface area contributed by atoms with Gasteiger partial charge >= 0.3 is 0 Å². The molecule has 8 heteroatoms. The third-order valence-electron chi connectivity index (χ3n) is 5.32. The maximum absolute atomic E-state index is 5.29. The summed E-state index contributed by atoms with van der Waals surface area (Å²) in [5, 5.41) is 9.62. The molecule has 6 rings (SSSR count). The highest BCUT2D eigenvalue weighted by Gasteiger charge is 2.15. The largest absolute Gasteiger partial charge is 0.495 e. The number of pyridine rings is 3. The highest BCUT2D eigenvalue weighted by Crippen LogP contribution is 2.34. The van der Waals surface area contributed by atoms with Crippen molar-refractivity contribution in [3.63, 3.8) is 0 Å². The SMILES string of the molecule is COc1cncc(-c2cc3c(-c4cc5c(-c6ccoc6)cncc5[nH]4)n[nH]c3cn2)c1. The Morgan fingerprint density at radius 2 is 1.84 bits per heavy atom. The van der Waals surface area contributed by atoms with E-state index in [2.05, 4.69) is 36.2 Å². The van der Waals surface area contributed by atoms with Crippen LogP contribution in [0.3, 0.4) is 0 Å². The maximum Gasteiger partial charge on any atom is 0.137 e. The standard InChI is InChI=1S/C23H16N6O2/c1-30-15-4-14(7-24-8-15)19-6-17-22(11-26-19)28-29-23(17)20-5-16-18(13-2-3-31-12-13)9-25-10-21(16)27-20/h2-12,27H,1H3,(H,28,29). The van der Waals surface area contributed by atoms with E-state index in [-0.39, 0.29) is 0 Å². The first-order valence-electron chi connectivity index (χ1n) is 9.63. The van der Waals surface area contributed by atoms with E-state index >= 15 is 0 Å². The van der Waals surface area contributed by atoms with Gasteiger partial charge < -0.3 is 14.1 Å². The molecule has 0 bridgehead atoms. The first-order chi connectivity index (χ1) is 15.3. The molecule has 0 saturated heterocycles. The number of hydrogen-bond donors (Lipinski definition) is 2. The van der Waals surface area contributed by atoms with E-state index in [0.29, 0.717) is 5.75 Å². The topological polar surface area (TPSA) is 106 Å². The fourth-order valence-corrected chi connectivity index (χ4v) is 3.78. The van der Waals surface area contributed by atoms with E-state index in [1.807, 2.05) is 30.6 Å². The maximum atomic E-state index is 5.29. The summed E-state index contributed by atoms with van der Waals surface area (Å²) in [5.41, 5.74) is 7.11. The number of ether oxygens (including phenoxy) is 1. The zero-order valence-corrected chi connectivity index (χ0v) is 16.5. The molecule has 0 aromatic carbocycles. The summed E-state index contributed by atoms with van der Waals surface area (Å²) in [6.07, 6.45) is 12.2. The molecule has 0 spiro atoms. The number of aromatic nitrogens is 6. The molecule has 0 radical (unpaired) electrons. The Balaban J connectivity index is 1.50. The van der Waals surface area contributed by atoms with Gasteiger partial charge in [0.05, 0.1) is 60.6 Å². The number of nitrogens with one attached hydrogen (secondary N) is 2. The Hall–Kier alpha value is -4.46. The van der Waals surface area contributed by atoms with Gasteiger partial charge in [0.1, 0.15) is 11.4 Å². The van der Waals surface area contributed by atoms with E-state index in [4.69, 9.17) is 9.15 Å². The summed E-state index contributed by atoms with van der Waals surface area (Å²) >= 11 is 0. The number of H-pyrrole nitrogens is 2. The van der Waals surface area contributed by atoms with E-state index in [0.717, 1.165) is 55.6 Å². The Bertz CT molecular complexity index is 1530. The Morgan fingerprint density at radius 1 is 0.903 bits per heavy atom. The van der Waals surface area contributed by atoms with Gasteiger partial charge in [0.25, 0.3) is 0 Å². The monoisotopic (exact) mass is 408 g/mol. The molecule has 0 amide bonds. The van der Waals surface area contributed by atoms with Gasteiger partial charge in [0.2, 0.25) is 0 Å². The van der Waals surface area contributed by atoms with Crippen LogP contribution in [0.25, 0.3) is 55.6 Å². The molecular weight excluding hydrogens is 392 g/mol. The first-order valence-corrected chi connectivity index (χ1v) is 9.63. The molecule has 0 aliphatic heterocycles. The molecule has 150 valence electrons. The third kappa shape index (κ3) is 2.84. The molecule has 31 heavy (non-hydrogen) atoms. The number of rotatable bonds is 4. The molecule has 6 aromatic rings. The molecule has 0 unspecified atom stereocenters. The van der Waals surface area contributed by atoms with Crippen LogP contribution in [0.4, 0.5) is 0 Å². The lowest BCUT2D eigenvalue weighted by Gasteiger charge is -2.04. The quantitative estimate of drug-likeness (QED) is 0.433. The summed E-state index contributed by atoms with van der Waals surface area (Å²) < 4.78 is 10.5. The molecule has 0 atom stereocenters. The van der Waals surface area contributed by atoms with Crippen LogP contribution in [0.5, 0.6) is 5.75 Å². The predicted molar refractivity (Wildman–Crippen MR) is 116 cm³/mol. The van der Waals surface area contributed by atoms with Crippen molar-refractivity contribution in [2.75, 3.05) is 7.11 Å². The van der Waals surface area contributed by atoms with Gasteiger partial charge in [0.15, 0.2) is 0 Å². The zero-order valence-electron chi connectivity index (χ0n) is 16.5. The minimum absolute atomic E-state index is 0.682. The van der Waals surface area contributed by atoms with Crippen molar-refractivity contribution in [2.45, 2.75) is 0 Å². The van der Waals surface area contributed by atoms with Crippen molar-refractivity contribution in [3.05, 3.63) is 67.8 Å². The fourth-order valence-electron chi connectivity index (χ4n) is 3.78. The van der Waals surface area contributed by atoms with E-state index in [1.165, 1.54) is 0 Å². The lowest BCUT2D eigenvalue weighted by atomic mass is 10.1. The average molecular weight is 408 g/mol. The van der Waals surface area contributed by atoms with Crippen LogP contribution in [0, 0.1) is 0 Å². The highest BCUT2D eigenvalue weighted by atomic mass is 16.5. The number of nitrogens with zero attached hydrogens (tertiary/aromatic N) is 4. The summed E-state index contributed by atoms with van der Waals surface area (Å²) in [6, 6.07) is 7.92. The Kier molecular flexibility index (Phi) is 3.82. The molecular formula is C23H16N6O2. The van der Waals surface area contributed by atoms with E-state index in [1.54, 1.807) is 38.2 Å². The molecule has 8 nitrogen and oxygen atoms in total. The lowest BCUT2D eigenvalue weighted by molar-refractivity contribution is 0.413. The molecule has 6 aromatic heterocycles.